The summed E-state index contributed by atoms with van der Waals surface area (Å²) in [7, 11) is 1.57. The van der Waals surface area contributed by atoms with Crippen LogP contribution in [0.3, 0.4) is 0 Å². The highest BCUT2D eigenvalue weighted by Crippen LogP contribution is 2.29. The molecular weight excluding hydrogens is 370 g/mol. The maximum atomic E-state index is 12.5. The quantitative estimate of drug-likeness (QED) is 0.702. The SMILES string of the molecule is COc1ccc(OCc2cc(C(=O)N3CC(n4cccn4)C3)n[nH]2)c(Cl)c1. The molecule has 1 saturated heterocycles. The number of halogens is 1. The standard InChI is InChI=1S/C18H18ClN5O3/c1-26-14-3-4-17(15(19)8-14)27-11-12-7-16(22-21-12)18(25)23-9-13(10-23)24-6-2-5-20-24/h2-8,13H,9-11H2,1H3,(H,21,22). The highest BCUT2D eigenvalue weighted by atomic mass is 35.5. The zero-order chi connectivity index (χ0) is 18.8. The molecule has 140 valence electrons. The van der Waals surface area contributed by atoms with Crippen LogP contribution in [0.15, 0.2) is 42.7 Å². The van der Waals surface area contributed by atoms with Gasteiger partial charge in [-0.3, -0.25) is 14.6 Å². The molecule has 1 aromatic carbocycles. The summed E-state index contributed by atoms with van der Waals surface area (Å²) in [5, 5.41) is 11.6. The molecule has 0 bridgehead atoms. The van der Waals surface area contributed by atoms with Gasteiger partial charge in [0.2, 0.25) is 0 Å². The zero-order valence-electron chi connectivity index (χ0n) is 14.6. The summed E-state index contributed by atoms with van der Waals surface area (Å²) in [6.07, 6.45) is 3.64. The van der Waals surface area contributed by atoms with Gasteiger partial charge in [-0.2, -0.15) is 10.2 Å². The van der Waals surface area contributed by atoms with E-state index in [0.717, 1.165) is 0 Å². The summed E-state index contributed by atoms with van der Waals surface area (Å²) in [6.45, 7) is 1.48. The lowest BCUT2D eigenvalue weighted by atomic mass is 10.1. The first-order chi connectivity index (χ1) is 13.1. The lowest BCUT2D eigenvalue weighted by Crippen LogP contribution is -2.50. The van der Waals surface area contributed by atoms with Crippen LogP contribution in [0.25, 0.3) is 0 Å². The Balaban J connectivity index is 1.33. The minimum atomic E-state index is -0.108. The molecule has 1 amide bonds. The van der Waals surface area contributed by atoms with E-state index in [4.69, 9.17) is 21.1 Å². The lowest BCUT2D eigenvalue weighted by molar-refractivity contribution is 0.0495. The molecule has 4 rings (SSSR count). The van der Waals surface area contributed by atoms with Crippen molar-refractivity contribution in [1.29, 1.82) is 0 Å². The second kappa shape index (κ2) is 7.32. The number of hydrogen-bond donors (Lipinski definition) is 1. The first-order valence-electron chi connectivity index (χ1n) is 8.43. The molecule has 0 aliphatic carbocycles. The number of hydrogen-bond acceptors (Lipinski definition) is 5. The molecule has 27 heavy (non-hydrogen) atoms. The smallest absolute Gasteiger partial charge is 0.274 e. The van der Waals surface area contributed by atoms with Crippen LogP contribution in [-0.2, 0) is 6.61 Å². The van der Waals surface area contributed by atoms with E-state index in [1.165, 1.54) is 0 Å². The molecule has 3 aromatic rings. The fourth-order valence-electron chi connectivity index (χ4n) is 2.87. The van der Waals surface area contributed by atoms with Crippen LogP contribution in [0, 0.1) is 0 Å². The summed E-state index contributed by atoms with van der Waals surface area (Å²) < 4.78 is 12.7. The number of aromatic amines is 1. The molecule has 8 nitrogen and oxygen atoms in total. The van der Waals surface area contributed by atoms with Crippen molar-refractivity contribution >= 4 is 17.5 Å². The van der Waals surface area contributed by atoms with Gasteiger partial charge in [-0.1, -0.05) is 11.6 Å². The van der Waals surface area contributed by atoms with E-state index >= 15 is 0 Å². The number of H-pyrrole nitrogens is 1. The number of carbonyl (C=O) groups excluding carboxylic acids is 1. The minimum Gasteiger partial charge on any atom is -0.497 e. The zero-order valence-corrected chi connectivity index (χ0v) is 15.4. The Labute approximate surface area is 160 Å². The molecule has 1 aliphatic rings. The highest BCUT2D eigenvalue weighted by Gasteiger charge is 2.33. The first-order valence-corrected chi connectivity index (χ1v) is 8.81. The Kier molecular flexibility index (Phi) is 4.72. The van der Waals surface area contributed by atoms with Crippen LogP contribution in [0.2, 0.25) is 5.02 Å². The predicted molar refractivity (Wildman–Crippen MR) is 98.1 cm³/mol. The number of nitrogens with zero attached hydrogens (tertiary/aromatic N) is 4. The van der Waals surface area contributed by atoms with Crippen molar-refractivity contribution in [1.82, 2.24) is 24.9 Å². The van der Waals surface area contributed by atoms with E-state index in [0.29, 0.717) is 41.0 Å². The van der Waals surface area contributed by atoms with Gasteiger partial charge in [-0.05, 0) is 24.3 Å². The summed E-state index contributed by atoms with van der Waals surface area (Å²) in [5.41, 5.74) is 1.06. The topological polar surface area (TPSA) is 85.3 Å². The molecule has 2 aromatic heterocycles. The van der Waals surface area contributed by atoms with Gasteiger partial charge in [-0.25, -0.2) is 0 Å². The van der Waals surface area contributed by atoms with Crippen LogP contribution in [0.4, 0.5) is 0 Å². The molecular formula is C18H18ClN5O3. The van der Waals surface area contributed by atoms with Crippen LogP contribution in [0.5, 0.6) is 11.5 Å². The number of nitrogens with one attached hydrogen (secondary N) is 1. The third-order valence-corrected chi connectivity index (χ3v) is 4.72. The normalized spacial score (nSPS) is 14.1. The Morgan fingerprint density at radius 1 is 1.37 bits per heavy atom. The van der Waals surface area contributed by atoms with Gasteiger partial charge in [0.15, 0.2) is 5.69 Å². The van der Waals surface area contributed by atoms with E-state index in [1.807, 2.05) is 16.9 Å². The van der Waals surface area contributed by atoms with Gasteiger partial charge in [0.25, 0.3) is 5.91 Å². The van der Waals surface area contributed by atoms with Gasteiger partial charge >= 0.3 is 0 Å². The summed E-state index contributed by atoms with van der Waals surface area (Å²) in [4.78, 5) is 14.2. The third kappa shape index (κ3) is 3.61. The van der Waals surface area contributed by atoms with Crippen molar-refractivity contribution in [2.24, 2.45) is 0 Å². The fourth-order valence-corrected chi connectivity index (χ4v) is 3.10. The predicted octanol–water partition coefficient (Wildman–Crippen LogP) is 2.54. The van der Waals surface area contributed by atoms with Crippen molar-refractivity contribution in [3.05, 3.63) is 59.1 Å². The van der Waals surface area contributed by atoms with Gasteiger partial charge in [-0.15, -0.1) is 0 Å². The molecule has 1 aliphatic heterocycles. The maximum absolute atomic E-state index is 12.5. The van der Waals surface area contributed by atoms with Crippen LogP contribution in [-0.4, -0.2) is 51.0 Å². The lowest BCUT2D eigenvalue weighted by Gasteiger charge is -2.38. The Morgan fingerprint density at radius 3 is 2.93 bits per heavy atom. The van der Waals surface area contributed by atoms with Crippen LogP contribution >= 0.6 is 11.6 Å². The van der Waals surface area contributed by atoms with Crippen molar-refractivity contribution in [2.45, 2.75) is 12.6 Å². The third-order valence-electron chi connectivity index (χ3n) is 4.42. The van der Waals surface area contributed by atoms with Gasteiger partial charge < -0.3 is 14.4 Å². The largest absolute Gasteiger partial charge is 0.497 e. The van der Waals surface area contributed by atoms with E-state index < -0.39 is 0 Å². The summed E-state index contributed by atoms with van der Waals surface area (Å²) in [5.74, 6) is 1.08. The number of ether oxygens (including phenoxy) is 2. The number of aromatic nitrogens is 4. The van der Waals surface area contributed by atoms with Gasteiger partial charge in [0, 0.05) is 31.5 Å². The Bertz CT molecular complexity index is 934. The van der Waals surface area contributed by atoms with Gasteiger partial charge in [0.05, 0.1) is 23.9 Å². The fraction of sp³-hybridized carbons (Fsp3) is 0.278. The van der Waals surface area contributed by atoms with E-state index in [2.05, 4.69) is 15.3 Å². The second-order valence-corrected chi connectivity index (χ2v) is 6.62. The summed E-state index contributed by atoms with van der Waals surface area (Å²) >= 11 is 6.16. The number of rotatable bonds is 6. The van der Waals surface area contributed by atoms with Crippen LogP contribution < -0.4 is 9.47 Å². The minimum absolute atomic E-state index is 0.108. The molecule has 0 radical (unpaired) electrons. The average Bonchev–Trinajstić information content (AvgIpc) is 3.31. The van der Waals surface area contributed by atoms with E-state index in [1.54, 1.807) is 42.5 Å². The molecule has 0 atom stereocenters. The Morgan fingerprint density at radius 2 is 2.22 bits per heavy atom. The van der Waals surface area contributed by atoms with E-state index in [-0.39, 0.29) is 18.6 Å². The van der Waals surface area contributed by atoms with Crippen molar-refractivity contribution in [3.8, 4) is 11.5 Å². The average molecular weight is 388 g/mol. The molecule has 3 heterocycles. The molecule has 1 N–H and O–H groups in total. The molecule has 0 spiro atoms. The Hall–Kier alpha value is -3.00. The molecule has 0 unspecified atom stereocenters. The maximum Gasteiger partial charge on any atom is 0.274 e. The summed E-state index contributed by atoms with van der Waals surface area (Å²) in [6, 6.07) is 8.98. The van der Waals surface area contributed by atoms with Gasteiger partial charge in [0.1, 0.15) is 18.1 Å². The molecule has 0 saturated carbocycles. The number of benzene rings is 1. The number of likely N-dealkylation sites (tertiary alicyclic amines) is 1. The number of amides is 1. The highest BCUT2D eigenvalue weighted by molar-refractivity contribution is 6.32. The van der Waals surface area contributed by atoms with Crippen molar-refractivity contribution < 1.29 is 14.3 Å². The number of methoxy groups -OCH3 is 1. The van der Waals surface area contributed by atoms with E-state index in [9.17, 15) is 4.79 Å². The molecule has 9 heteroatoms. The molecule has 1 fully saturated rings. The van der Waals surface area contributed by atoms with Crippen LogP contribution in [0.1, 0.15) is 22.2 Å². The number of carbonyl (C=O) groups is 1. The monoisotopic (exact) mass is 387 g/mol. The van der Waals surface area contributed by atoms with Crippen molar-refractivity contribution in [2.75, 3.05) is 20.2 Å². The first kappa shape index (κ1) is 17.4. The second-order valence-electron chi connectivity index (χ2n) is 6.21. The van der Waals surface area contributed by atoms with Crippen molar-refractivity contribution in [3.63, 3.8) is 0 Å².